The molecule has 2 aromatic carbocycles. The molecule has 0 aliphatic rings. The van der Waals surface area contributed by atoms with Crippen LogP contribution in [0, 0.1) is 17.0 Å². The van der Waals surface area contributed by atoms with Crippen molar-refractivity contribution in [3.8, 4) is 0 Å². The molecule has 0 saturated carbocycles. The molecule has 0 saturated heterocycles. The monoisotopic (exact) mass is 349 g/mol. The fourth-order valence-electron chi connectivity index (χ4n) is 2.03. The van der Waals surface area contributed by atoms with E-state index in [-0.39, 0.29) is 22.2 Å². The van der Waals surface area contributed by atoms with Crippen molar-refractivity contribution in [3.05, 3.63) is 58.1 Å². The Labute approximate surface area is 138 Å². The first-order chi connectivity index (χ1) is 11.2. The van der Waals surface area contributed by atoms with Crippen LogP contribution in [0.4, 0.5) is 17.1 Å². The van der Waals surface area contributed by atoms with Crippen molar-refractivity contribution in [3.63, 3.8) is 0 Å². The van der Waals surface area contributed by atoms with Gasteiger partial charge in [-0.3, -0.25) is 19.6 Å². The molecule has 9 heteroatoms. The lowest BCUT2D eigenvalue weighted by Crippen LogP contribution is -2.14. The van der Waals surface area contributed by atoms with Gasteiger partial charge in [-0.2, -0.15) is 0 Å². The smallest absolute Gasteiger partial charge is 0.271 e. The predicted molar refractivity (Wildman–Crippen MR) is 89.4 cm³/mol. The molecule has 126 valence electrons. The zero-order valence-corrected chi connectivity index (χ0v) is 13.8. The lowest BCUT2D eigenvalue weighted by atomic mass is 10.2. The molecule has 0 unspecified atom stereocenters. The van der Waals surface area contributed by atoms with Crippen molar-refractivity contribution in [2.75, 3.05) is 10.0 Å². The number of nitro benzene ring substituents is 1. The third-order valence-corrected chi connectivity index (χ3v) is 4.51. The first-order valence-electron chi connectivity index (χ1n) is 6.84. The van der Waals surface area contributed by atoms with E-state index in [2.05, 4.69) is 10.0 Å². The minimum atomic E-state index is -3.91. The number of nitro groups is 1. The zero-order chi connectivity index (χ0) is 17.9. The van der Waals surface area contributed by atoms with E-state index in [9.17, 15) is 23.3 Å². The number of aryl methyl sites for hydroxylation is 1. The molecule has 2 N–H and O–H groups in total. The number of amides is 1. The Balaban J connectivity index is 2.30. The fourth-order valence-corrected chi connectivity index (χ4v) is 3.16. The van der Waals surface area contributed by atoms with E-state index in [4.69, 9.17) is 0 Å². The van der Waals surface area contributed by atoms with Crippen LogP contribution in [-0.2, 0) is 14.8 Å². The quantitative estimate of drug-likeness (QED) is 0.635. The van der Waals surface area contributed by atoms with Crippen molar-refractivity contribution < 1.29 is 18.1 Å². The minimum Gasteiger partial charge on any atom is -0.326 e. The molecule has 2 rings (SSSR count). The molecule has 0 fully saturated rings. The van der Waals surface area contributed by atoms with E-state index in [1.54, 1.807) is 6.92 Å². The topological polar surface area (TPSA) is 118 Å². The average Bonchev–Trinajstić information content (AvgIpc) is 2.48. The Morgan fingerprint density at radius 3 is 2.46 bits per heavy atom. The van der Waals surface area contributed by atoms with Crippen LogP contribution in [-0.4, -0.2) is 19.2 Å². The van der Waals surface area contributed by atoms with E-state index < -0.39 is 14.9 Å². The molecule has 0 heterocycles. The second-order valence-electron chi connectivity index (χ2n) is 5.07. The number of anilines is 2. The van der Waals surface area contributed by atoms with Gasteiger partial charge in [0.2, 0.25) is 5.91 Å². The van der Waals surface area contributed by atoms with Crippen LogP contribution in [0.2, 0.25) is 0 Å². The van der Waals surface area contributed by atoms with Crippen LogP contribution in [0.5, 0.6) is 0 Å². The summed E-state index contributed by atoms with van der Waals surface area (Å²) in [7, 11) is -3.91. The van der Waals surface area contributed by atoms with Gasteiger partial charge >= 0.3 is 0 Å². The summed E-state index contributed by atoms with van der Waals surface area (Å²) >= 11 is 0. The van der Waals surface area contributed by atoms with Crippen molar-refractivity contribution in [2.24, 2.45) is 0 Å². The molecular formula is C15H15N3O5S. The van der Waals surface area contributed by atoms with E-state index in [1.807, 2.05) is 0 Å². The number of hydrogen-bond donors (Lipinski definition) is 2. The summed E-state index contributed by atoms with van der Waals surface area (Å²) < 4.78 is 27.1. The summed E-state index contributed by atoms with van der Waals surface area (Å²) in [5.74, 6) is -0.261. The SMILES string of the molecule is CC(=O)Nc1ccc(S(=O)(=O)Nc2cccc([N+](=O)[O-])c2)cc1C. The maximum atomic E-state index is 12.4. The molecule has 24 heavy (non-hydrogen) atoms. The van der Waals surface area contributed by atoms with Gasteiger partial charge in [0.05, 0.1) is 15.5 Å². The van der Waals surface area contributed by atoms with E-state index in [0.717, 1.165) is 6.07 Å². The van der Waals surface area contributed by atoms with Crippen molar-refractivity contribution >= 4 is 33.0 Å². The number of non-ortho nitro benzene ring substituents is 1. The normalized spacial score (nSPS) is 10.9. The molecule has 0 atom stereocenters. The summed E-state index contributed by atoms with van der Waals surface area (Å²) in [6.45, 7) is 3.02. The van der Waals surface area contributed by atoms with Gasteiger partial charge in [0.15, 0.2) is 0 Å². The molecule has 0 spiro atoms. The van der Waals surface area contributed by atoms with Gasteiger partial charge in [0.25, 0.3) is 15.7 Å². The number of rotatable bonds is 5. The highest BCUT2D eigenvalue weighted by molar-refractivity contribution is 7.92. The highest BCUT2D eigenvalue weighted by Crippen LogP contribution is 2.23. The molecule has 8 nitrogen and oxygen atoms in total. The van der Waals surface area contributed by atoms with Crippen LogP contribution in [0.25, 0.3) is 0 Å². The lowest BCUT2D eigenvalue weighted by Gasteiger charge is -2.11. The summed E-state index contributed by atoms with van der Waals surface area (Å²) in [6, 6.07) is 9.45. The molecule has 0 bridgehead atoms. The Hall–Kier alpha value is -2.94. The van der Waals surface area contributed by atoms with Gasteiger partial charge in [-0.25, -0.2) is 8.42 Å². The minimum absolute atomic E-state index is 0.0133. The van der Waals surface area contributed by atoms with Gasteiger partial charge in [-0.05, 0) is 36.8 Å². The Morgan fingerprint density at radius 1 is 1.17 bits per heavy atom. The number of carbonyl (C=O) groups excluding carboxylic acids is 1. The molecule has 0 aliphatic heterocycles. The van der Waals surface area contributed by atoms with Crippen LogP contribution in [0.15, 0.2) is 47.4 Å². The summed E-state index contributed by atoms with van der Waals surface area (Å²) in [6.07, 6.45) is 0. The van der Waals surface area contributed by atoms with Gasteiger partial charge in [-0.15, -0.1) is 0 Å². The van der Waals surface area contributed by atoms with E-state index in [1.165, 1.54) is 43.3 Å². The zero-order valence-electron chi connectivity index (χ0n) is 12.9. The van der Waals surface area contributed by atoms with Gasteiger partial charge < -0.3 is 5.32 Å². The first kappa shape index (κ1) is 17.4. The number of nitrogens with zero attached hydrogens (tertiary/aromatic N) is 1. The highest BCUT2D eigenvalue weighted by Gasteiger charge is 2.17. The van der Waals surface area contributed by atoms with Crippen LogP contribution < -0.4 is 10.0 Å². The van der Waals surface area contributed by atoms with Crippen molar-refractivity contribution in [1.29, 1.82) is 0 Å². The number of carbonyl (C=O) groups is 1. The van der Waals surface area contributed by atoms with Crippen LogP contribution >= 0.6 is 0 Å². The number of benzene rings is 2. The van der Waals surface area contributed by atoms with E-state index in [0.29, 0.717) is 11.3 Å². The largest absolute Gasteiger partial charge is 0.326 e. The van der Waals surface area contributed by atoms with Gasteiger partial charge in [0, 0.05) is 24.7 Å². The molecule has 1 amide bonds. The number of hydrogen-bond acceptors (Lipinski definition) is 5. The maximum Gasteiger partial charge on any atom is 0.271 e. The molecule has 2 aromatic rings. The Kier molecular flexibility index (Phi) is 4.84. The predicted octanol–water partition coefficient (Wildman–Crippen LogP) is 2.66. The molecule has 0 radical (unpaired) electrons. The van der Waals surface area contributed by atoms with Crippen molar-refractivity contribution in [1.82, 2.24) is 0 Å². The van der Waals surface area contributed by atoms with Gasteiger partial charge in [-0.1, -0.05) is 6.07 Å². The molecule has 0 aromatic heterocycles. The first-order valence-corrected chi connectivity index (χ1v) is 8.33. The Morgan fingerprint density at radius 2 is 1.88 bits per heavy atom. The molecule has 0 aliphatic carbocycles. The standard InChI is InChI=1S/C15H15N3O5S/c1-10-8-14(6-7-15(10)16-11(2)19)24(22,23)17-12-4-3-5-13(9-12)18(20)21/h3-9,17H,1-2H3,(H,16,19). The maximum absolute atomic E-state index is 12.4. The highest BCUT2D eigenvalue weighted by atomic mass is 32.2. The van der Waals surface area contributed by atoms with Crippen LogP contribution in [0.1, 0.15) is 12.5 Å². The fraction of sp³-hybridized carbons (Fsp3) is 0.133. The summed E-state index contributed by atoms with van der Waals surface area (Å²) in [4.78, 5) is 21.2. The van der Waals surface area contributed by atoms with Gasteiger partial charge in [0.1, 0.15) is 0 Å². The second-order valence-corrected chi connectivity index (χ2v) is 6.75. The summed E-state index contributed by atoms with van der Waals surface area (Å²) in [5, 5.41) is 13.3. The lowest BCUT2D eigenvalue weighted by molar-refractivity contribution is -0.384. The summed E-state index contributed by atoms with van der Waals surface area (Å²) in [5.41, 5.74) is 0.962. The Bertz CT molecular complexity index is 909. The number of sulfonamides is 1. The van der Waals surface area contributed by atoms with Crippen LogP contribution in [0.3, 0.4) is 0 Å². The third-order valence-electron chi connectivity index (χ3n) is 3.13. The third kappa shape index (κ3) is 4.07. The van der Waals surface area contributed by atoms with E-state index >= 15 is 0 Å². The average molecular weight is 349 g/mol. The number of nitrogens with one attached hydrogen (secondary N) is 2. The second kappa shape index (κ2) is 6.67. The molecular weight excluding hydrogens is 334 g/mol. The van der Waals surface area contributed by atoms with Crippen molar-refractivity contribution in [2.45, 2.75) is 18.7 Å².